The predicted molar refractivity (Wildman–Crippen MR) is 69.4 cm³/mol. The molecule has 2 rings (SSSR count). The zero-order chi connectivity index (χ0) is 15.7. The first-order chi connectivity index (χ1) is 9.78. The number of hydrogen-bond donors (Lipinski definition) is 3. The van der Waals surface area contributed by atoms with Gasteiger partial charge in [0.25, 0.3) is 0 Å². The lowest BCUT2D eigenvalue weighted by atomic mass is 9.63. The van der Waals surface area contributed by atoms with Gasteiger partial charge in [-0.15, -0.1) is 0 Å². The fourth-order valence-corrected chi connectivity index (χ4v) is 2.79. The van der Waals surface area contributed by atoms with Gasteiger partial charge in [0.2, 0.25) is 0 Å². The van der Waals surface area contributed by atoms with Crippen molar-refractivity contribution >= 4 is 0 Å². The Morgan fingerprint density at radius 1 is 1.48 bits per heavy atom. The summed E-state index contributed by atoms with van der Waals surface area (Å²) in [5.74, 6) is 0. The van der Waals surface area contributed by atoms with Gasteiger partial charge in [0, 0.05) is 36.8 Å². The van der Waals surface area contributed by atoms with Gasteiger partial charge in [-0.05, 0) is 12.8 Å². The van der Waals surface area contributed by atoms with Crippen LogP contribution in [-0.4, -0.2) is 45.4 Å². The molecular weight excluding hydrogens is 287 g/mol. The highest BCUT2D eigenvalue weighted by molar-refractivity contribution is 5.17. The van der Waals surface area contributed by atoms with Crippen LogP contribution in [-0.2, 0) is 7.05 Å². The van der Waals surface area contributed by atoms with E-state index >= 15 is 0 Å². The number of nitrogens with one attached hydrogen (secondary N) is 1. The molecule has 1 heterocycles. The van der Waals surface area contributed by atoms with Gasteiger partial charge in [-0.3, -0.25) is 4.68 Å². The highest BCUT2D eigenvalue weighted by Crippen LogP contribution is 2.49. The summed E-state index contributed by atoms with van der Waals surface area (Å²) >= 11 is 0. The Labute approximate surface area is 120 Å². The summed E-state index contributed by atoms with van der Waals surface area (Å²) in [4.78, 5) is 0. The lowest BCUT2D eigenvalue weighted by molar-refractivity contribution is -0.203. The smallest absolute Gasteiger partial charge is 0.396 e. The number of aliphatic hydroxyl groups is 2. The van der Waals surface area contributed by atoms with E-state index in [0.717, 1.165) is 24.8 Å². The summed E-state index contributed by atoms with van der Waals surface area (Å²) in [5.41, 5.74) is 0.245. The fourth-order valence-electron chi connectivity index (χ4n) is 2.79. The average Bonchev–Trinajstić information content (AvgIpc) is 2.77. The van der Waals surface area contributed by atoms with Gasteiger partial charge < -0.3 is 15.5 Å². The summed E-state index contributed by atoms with van der Waals surface area (Å²) in [6, 6.07) is -0.457. The zero-order valence-electron chi connectivity index (χ0n) is 11.8. The Morgan fingerprint density at radius 3 is 2.52 bits per heavy atom. The summed E-state index contributed by atoms with van der Waals surface area (Å²) in [6.45, 7) is -0.716. The third-order valence-corrected chi connectivity index (χ3v) is 4.23. The van der Waals surface area contributed by atoms with Gasteiger partial charge in [0.15, 0.2) is 6.10 Å². The number of alkyl halides is 3. The van der Waals surface area contributed by atoms with Crippen LogP contribution in [0.4, 0.5) is 13.2 Å². The van der Waals surface area contributed by atoms with Gasteiger partial charge in [0.05, 0.1) is 12.8 Å². The SMILES string of the molecule is Cn1cc([C@H](NC[C@H](O)C(F)(F)F)C2(CO)CCC2)cn1. The van der Waals surface area contributed by atoms with Crippen LogP contribution < -0.4 is 5.32 Å². The van der Waals surface area contributed by atoms with Crippen LogP contribution >= 0.6 is 0 Å². The number of halogens is 3. The van der Waals surface area contributed by atoms with Crippen molar-refractivity contribution in [2.75, 3.05) is 13.2 Å². The molecule has 8 heteroatoms. The van der Waals surface area contributed by atoms with E-state index < -0.39 is 30.3 Å². The molecule has 1 aromatic heterocycles. The minimum atomic E-state index is -4.65. The Morgan fingerprint density at radius 2 is 2.14 bits per heavy atom. The standard InChI is InChI=1S/C13H20F3N3O2/c1-19-7-9(5-18-19)11(12(8-20)3-2-4-12)17-6-10(21)13(14,15)16/h5,7,10-11,17,20-21H,2-4,6,8H2,1H3/t10-,11-/m0/s1. The van der Waals surface area contributed by atoms with Gasteiger partial charge >= 0.3 is 6.18 Å². The van der Waals surface area contributed by atoms with E-state index in [2.05, 4.69) is 10.4 Å². The number of nitrogens with zero attached hydrogens (tertiary/aromatic N) is 2. The van der Waals surface area contributed by atoms with Gasteiger partial charge in [0.1, 0.15) is 0 Å². The van der Waals surface area contributed by atoms with Crippen LogP contribution in [0.2, 0.25) is 0 Å². The van der Waals surface area contributed by atoms with Crippen LogP contribution in [0.1, 0.15) is 30.9 Å². The predicted octanol–water partition coefficient (Wildman–Crippen LogP) is 1.14. The number of aromatic nitrogens is 2. The Balaban J connectivity index is 2.13. The topological polar surface area (TPSA) is 70.3 Å². The summed E-state index contributed by atoms with van der Waals surface area (Å²) in [7, 11) is 1.72. The van der Waals surface area contributed by atoms with Crippen molar-refractivity contribution in [3.63, 3.8) is 0 Å². The monoisotopic (exact) mass is 307 g/mol. The molecule has 120 valence electrons. The molecule has 0 saturated heterocycles. The van der Waals surface area contributed by atoms with E-state index in [1.54, 1.807) is 24.1 Å². The Kier molecular flexibility index (Phi) is 4.60. The molecule has 2 atom stereocenters. The maximum absolute atomic E-state index is 12.4. The highest BCUT2D eigenvalue weighted by atomic mass is 19.4. The third-order valence-electron chi connectivity index (χ3n) is 4.23. The largest absolute Gasteiger partial charge is 0.415 e. The van der Waals surface area contributed by atoms with Gasteiger partial charge in [-0.1, -0.05) is 6.42 Å². The van der Waals surface area contributed by atoms with Crippen LogP contribution in [0.15, 0.2) is 12.4 Å². The Hall–Kier alpha value is -1.12. The van der Waals surface area contributed by atoms with Crippen LogP contribution in [0.3, 0.4) is 0 Å². The molecule has 0 radical (unpaired) electrons. The molecule has 0 amide bonds. The summed E-state index contributed by atoms with van der Waals surface area (Å²) in [5, 5.41) is 25.6. The molecule has 1 aliphatic rings. The maximum Gasteiger partial charge on any atom is 0.415 e. The van der Waals surface area contributed by atoms with Crippen LogP contribution in [0, 0.1) is 5.41 Å². The lowest BCUT2D eigenvalue weighted by Gasteiger charge is -2.47. The molecular formula is C13H20F3N3O2. The van der Waals surface area contributed by atoms with E-state index in [-0.39, 0.29) is 6.61 Å². The normalized spacial score (nSPS) is 20.9. The molecule has 1 aromatic rings. The molecule has 0 unspecified atom stereocenters. The summed E-state index contributed by atoms with van der Waals surface area (Å²) < 4.78 is 38.8. The van der Waals surface area contributed by atoms with Crippen molar-refractivity contribution in [1.82, 2.24) is 15.1 Å². The van der Waals surface area contributed by atoms with E-state index in [0.29, 0.717) is 0 Å². The van der Waals surface area contributed by atoms with Crippen molar-refractivity contribution in [3.8, 4) is 0 Å². The second-order valence-electron chi connectivity index (χ2n) is 5.72. The first-order valence-electron chi connectivity index (χ1n) is 6.86. The minimum Gasteiger partial charge on any atom is -0.396 e. The molecule has 5 nitrogen and oxygen atoms in total. The van der Waals surface area contributed by atoms with E-state index in [9.17, 15) is 18.3 Å². The molecule has 0 aliphatic heterocycles. The first-order valence-corrected chi connectivity index (χ1v) is 6.86. The van der Waals surface area contributed by atoms with Crippen molar-refractivity contribution in [1.29, 1.82) is 0 Å². The number of aliphatic hydroxyl groups excluding tert-OH is 2. The van der Waals surface area contributed by atoms with Crippen LogP contribution in [0.25, 0.3) is 0 Å². The van der Waals surface area contributed by atoms with Crippen molar-refractivity contribution in [2.45, 2.75) is 37.6 Å². The molecule has 3 N–H and O–H groups in total. The second kappa shape index (κ2) is 5.94. The lowest BCUT2D eigenvalue weighted by Crippen LogP contribution is -2.49. The molecule has 0 aromatic carbocycles. The van der Waals surface area contributed by atoms with Gasteiger partial charge in [-0.2, -0.15) is 18.3 Å². The van der Waals surface area contributed by atoms with Crippen LogP contribution in [0.5, 0.6) is 0 Å². The molecule has 21 heavy (non-hydrogen) atoms. The maximum atomic E-state index is 12.4. The van der Waals surface area contributed by atoms with E-state index in [4.69, 9.17) is 5.11 Å². The first kappa shape index (κ1) is 16.3. The molecule has 1 aliphatic carbocycles. The van der Waals surface area contributed by atoms with Gasteiger partial charge in [-0.25, -0.2) is 0 Å². The molecule has 0 bridgehead atoms. The van der Waals surface area contributed by atoms with E-state index in [1.807, 2.05) is 0 Å². The zero-order valence-corrected chi connectivity index (χ0v) is 11.8. The number of hydrogen-bond acceptors (Lipinski definition) is 4. The minimum absolute atomic E-state index is 0.109. The van der Waals surface area contributed by atoms with E-state index in [1.165, 1.54) is 0 Å². The van der Waals surface area contributed by atoms with Crippen molar-refractivity contribution < 1.29 is 23.4 Å². The molecule has 1 saturated carbocycles. The third kappa shape index (κ3) is 3.38. The molecule has 0 spiro atoms. The fraction of sp³-hybridized carbons (Fsp3) is 0.769. The quantitative estimate of drug-likeness (QED) is 0.737. The van der Waals surface area contributed by atoms with Crippen molar-refractivity contribution in [2.24, 2.45) is 12.5 Å². The number of aryl methyl sites for hydroxylation is 1. The molecule has 1 fully saturated rings. The summed E-state index contributed by atoms with van der Waals surface area (Å²) in [6.07, 6.45) is -1.39. The van der Waals surface area contributed by atoms with Crippen molar-refractivity contribution in [3.05, 3.63) is 18.0 Å². The number of rotatable bonds is 6. The Bertz CT molecular complexity index is 466. The average molecular weight is 307 g/mol. The second-order valence-corrected chi connectivity index (χ2v) is 5.72. The highest BCUT2D eigenvalue weighted by Gasteiger charge is 2.46.